The van der Waals surface area contributed by atoms with Gasteiger partial charge in [-0.1, -0.05) is 80.8 Å². The molecule has 1 aromatic carbocycles. The molecular formula is C32H43N3O4S. The minimum absolute atomic E-state index is 0.00411. The maximum atomic E-state index is 14.4. The first-order valence-electron chi connectivity index (χ1n) is 14.9. The summed E-state index contributed by atoms with van der Waals surface area (Å²) in [7, 11) is 0. The van der Waals surface area contributed by atoms with Crippen LogP contribution < -0.4 is 0 Å². The van der Waals surface area contributed by atoms with Gasteiger partial charge in [-0.3, -0.25) is 14.4 Å². The lowest BCUT2D eigenvalue weighted by Crippen LogP contribution is -2.53. The van der Waals surface area contributed by atoms with E-state index in [1.54, 1.807) is 11.8 Å². The fraction of sp³-hybridized carbons (Fsp3) is 0.594. The van der Waals surface area contributed by atoms with Crippen LogP contribution in [-0.2, 0) is 20.9 Å². The lowest BCUT2D eigenvalue weighted by Gasteiger charge is -2.37. The number of thioether (sulfide) groups is 1. The normalized spacial score (nSPS) is 31.3. The van der Waals surface area contributed by atoms with Crippen molar-refractivity contribution < 1.29 is 19.5 Å². The predicted octanol–water partition coefficient (Wildman–Crippen LogP) is 4.02. The van der Waals surface area contributed by atoms with Crippen molar-refractivity contribution >= 4 is 29.5 Å². The zero-order chi connectivity index (χ0) is 28.3. The summed E-state index contributed by atoms with van der Waals surface area (Å²) in [6.45, 7) is 7.07. The number of hydrogen-bond donors (Lipinski definition) is 1. The van der Waals surface area contributed by atoms with Crippen molar-refractivity contribution in [3.05, 3.63) is 60.2 Å². The second-order valence-electron chi connectivity index (χ2n) is 11.8. The van der Waals surface area contributed by atoms with Crippen molar-refractivity contribution in [1.29, 1.82) is 0 Å². The van der Waals surface area contributed by atoms with Gasteiger partial charge in [-0.2, -0.15) is 0 Å². The molecule has 1 unspecified atom stereocenters. The first kappa shape index (κ1) is 28.9. The molecule has 1 N–H and O–H groups in total. The van der Waals surface area contributed by atoms with Gasteiger partial charge < -0.3 is 19.8 Å². The summed E-state index contributed by atoms with van der Waals surface area (Å²) in [4.78, 5) is 48.7. The topological polar surface area (TPSA) is 81.2 Å². The molecule has 1 spiro atoms. The number of nitrogens with zero attached hydrogens (tertiary/aromatic N) is 3. The molecule has 4 aliphatic rings. The van der Waals surface area contributed by atoms with Gasteiger partial charge >= 0.3 is 0 Å². The van der Waals surface area contributed by atoms with Crippen LogP contribution in [0.2, 0.25) is 0 Å². The zero-order valence-corrected chi connectivity index (χ0v) is 24.7. The van der Waals surface area contributed by atoms with Crippen molar-refractivity contribution in [3.63, 3.8) is 0 Å². The van der Waals surface area contributed by atoms with Gasteiger partial charge in [0.25, 0.3) is 0 Å². The quantitative estimate of drug-likeness (QED) is 0.324. The Morgan fingerprint density at radius 2 is 1.57 bits per heavy atom. The number of benzene rings is 1. The van der Waals surface area contributed by atoms with Gasteiger partial charge in [0, 0.05) is 44.1 Å². The first-order valence-corrected chi connectivity index (χ1v) is 15.8. The largest absolute Gasteiger partial charge is 0.396 e. The average Bonchev–Trinajstić information content (AvgIpc) is 3.22. The minimum Gasteiger partial charge on any atom is -0.396 e. The zero-order valence-electron chi connectivity index (χ0n) is 23.8. The number of unbranched alkanes of at least 4 members (excludes halogenated alkanes) is 4. The van der Waals surface area contributed by atoms with E-state index < -0.39 is 27.4 Å². The number of aliphatic hydroxyl groups is 1. The second kappa shape index (κ2) is 12.1. The summed E-state index contributed by atoms with van der Waals surface area (Å²) in [6.07, 6.45) is 13.6. The summed E-state index contributed by atoms with van der Waals surface area (Å²) in [5.41, 5.74) is 1.06. The Bertz CT molecular complexity index is 1160. The number of likely N-dealkylation sites (tertiary alicyclic amines) is 1. The molecule has 4 heterocycles. The minimum atomic E-state index is -0.782. The van der Waals surface area contributed by atoms with Gasteiger partial charge in [0.1, 0.15) is 6.04 Å². The van der Waals surface area contributed by atoms with Crippen LogP contribution in [-0.4, -0.2) is 85.8 Å². The van der Waals surface area contributed by atoms with E-state index in [9.17, 15) is 19.5 Å². The SMILES string of the molecule is CCCCN1CC=C[C@]23S[C@]4(C)C=CCN(Cc5ccccc5)C(=O)[C@@H]4[C@H]2C(=O)N(CCCCCCO)C3C1=O. The number of amides is 3. The van der Waals surface area contributed by atoms with Crippen LogP contribution in [0, 0.1) is 11.8 Å². The van der Waals surface area contributed by atoms with Crippen molar-refractivity contribution in [2.24, 2.45) is 11.8 Å². The third-order valence-corrected chi connectivity index (χ3v) is 10.8. The predicted molar refractivity (Wildman–Crippen MR) is 158 cm³/mol. The molecule has 0 saturated carbocycles. The monoisotopic (exact) mass is 565 g/mol. The fourth-order valence-electron chi connectivity index (χ4n) is 7.10. The van der Waals surface area contributed by atoms with Gasteiger partial charge in [0.15, 0.2) is 0 Å². The highest BCUT2D eigenvalue weighted by Gasteiger charge is 2.73. The average molecular weight is 566 g/mol. The van der Waals surface area contributed by atoms with E-state index in [0.29, 0.717) is 32.7 Å². The van der Waals surface area contributed by atoms with Gasteiger partial charge in [-0.05, 0) is 31.7 Å². The van der Waals surface area contributed by atoms with Crippen molar-refractivity contribution in [2.45, 2.75) is 74.5 Å². The highest BCUT2D eigenvalue weighted by Crippen LogP contribution is 2.65. The lowest BCUT2D eigenvalue weighted by atomic mass is 9.74. The number of carbonyl (C=O) groups is 3. The van der Waals surface area contributed by atoms with Crippen LogP contribution in [0.5, 0.6) is 0 Å². The Morgan fingerprint density at radius 1 is 0.850 bits per heavy atom. The lowest BCUT2D eigenvalue weighted by molar-refractivity contribution is -0.145. The van der Waals surface area contributed by atoms with E-state index >= 15 is 0 Å². The van der Waals surface area contributed by atoms with E-state index in [1.165, 1.54) is 0 Å². The number of fused-ring (bicyclic) bond motifs is 2. The van der Waals surface area contributed by atoms with Crippen LogP contribution in [0.25, 0.3) is 0 Å². The maximum absolute atomic E-state index is 14.4. The van der Waals surface area contributed by atoms with E-state index in [0.717, 1.165) is 44.1 Å². The third-order valence-electron chi connectivity index (χ3n) is 9.03. The van der Waals surface area contributed by atoms with Crippen LogP contribution in [0.3, 0.4) is 0 Å². The Hall–Kier alpha value is -2.58. The third kappa shape index (κ3) is 5.13. The molecular weight excluding hydrogens is 522 g/mol. The molecule has 5 rings (SSSR count). The first-order chi connectivity index (χ1) is 19.4. The number of carbonyl (C=O) groups excluding carboxylic acids is 3. The Kier molecular flexibility index (Phi) is 8.76. The number of aliphatic hydroxyl groups excluding tert-OH is 1. The summed E-state index contributed by atoms with van der Waals surface area (Å²) >= 11 is 1.66. The molecule has 0 bridgehead atoms. The molecule has 216 valence electrons. The molecule has 2 saturated heterocycles. The summed E-state index contributed by atoms with van der Waals surface area (Å²) in [5.74, 6) is -1.20. The van der Waals surface area contributed by atoms with Gasteiger partial charge in [-0.15, -0.1) is 11.8 Å². The molecule has 40 heavy (non-hydrogen) atoms. The van der Waals surface area contributed by atoms with Crippen molar-refractivity contribution in [1.82, 2.24) is 14.7 Å². The Morgan fingerprint density at radius 3 is 2.33 bits per heavy atom. The molecule has 2 fully saturated rings. The van der Waals surface area contributed by atoms with Crippen LogP contribution in [0.15, 0.2) is 54.6 Å². The van der Waals surface area contributed by atoms with E-state index in [4.69, 9.17) is 0 Å². The van der Waals surface area contributed by atoms with Crippen LogP contribution >= 0.6 is 11.8 Å². The molecule has 0 aliphatic carbocycles. The Labute approximate surface area is 242 Å². The summed E-state index contributed by atoms with van der Waals surface area (Å²) < 4.78 is -1.37. The molecule has 7 nitrogen and oxygen atoms in total. The fourth-order valence-corrected chi connectivity index (χ4v) is 9.26. The smallest absolute Gasteiger partial charge is 0.247 e. The molecule has 1 aromatic rings. The molecule has 0 radical (unpaired) electrons. The molecule has 3 amide bonds. The van der Waals surface area contributed by atoms with E-state index in [2.05, 4.69) is 38.2 Å². The molecule has 5 atom stereocenters. The highest BCUT2D eigenvalue weighted by atomic mass is 32.2. The summed E-state index contributed by atoms with van der Waals surface area (Å²) in [6, 6.07) is 9.37. The standard InChI is InChI=1S/C32H43N3O4S/c1-3-4-18-33-19-13-17-32-26(29(38)35(27(32)30(33)39)21-10-5-6-11-22-36)25-28(37)34(20-12-16-31(25,2)40-32)23-24-14-8-7-9-15-24/h7-9,12-17,25-27,36H,3-6,10-11,18-23H2,1-2H3/t25-,26-,27?,31+,32-/m0/s1. The Balaban J connectivity index is 1.50. The van der Waals surface area contributed by atoms with Crippen molar-refractivity contribution in [3.8, 4) is 0 Å². The molecule has 4 aliphatic heterocycles. The summed E-state index contributed by atoms with van der Waals surface area (Å²) in [5, 5.41) is 9.18. The van der Waals surface area contributed by atoms with Gasteiger partial charge in [-0.25, -0.2) is 0 Å². The van der Waals surface area contributed by atoms with E-state index in [1.807, 2.05) is 45.0 Å². The second-order valence-corrected chi connectivity index (χ2v) is 13.6. The molecule has 0 aromatic heterocycles. The van der Waals surface area contributed by atoms with E-state index in [-0.39, 0.29) is 24.3 Å². The van der Waals surface area contributed by atoms with Gasteiger partial charge in [0.2, 0.25) is 17.7 Å². The van der Waals surface area contributed by atoms with Crippen LogP contribution in [0.1, 0.15) is 57.9 Å². The van der Waals surface area contributed by atoms with Crippen molar-refractivity contribution in [2.75, 3.05) is 32.8 Å². The van der Waals surface area contributed by atoms with Crippen LogP contribution in [0.4, 0.5) is 0 Å². The number of rotatable bonds is 11. The highest BCUT2D eigenvalue weighted by molar-refractivity contribution is 8.02. The van der Waals surface area contributed by atoms with Gasteiger partial charge in [0.05, 0.1) is 16.6 Å². The number of hydrogen-bond acceptors (Lipinski definition) is 5. The maximum Gasteiger partial charge on any atom is 0.247 e. The molecule has 8 heteroatoms.